The highest BCUT2D eigenvalue weighted by molar-refractivity contribution is 7.52. The zero-order valence-corrected chi connectivity index (χ0v) is 24.7. The first-order valence-corrected chi connectivity index (χ1v) is 14.8. The first-order chi connectivity index (χ1) is 19.3. The molecular weight excluding hydrogens is 558 g/mol. The molecule has 2 aromatic heterocycles. The lowest BCUT2D eigenvalue weighted by Gasteiger charge is -2.25. The number of halogens is 1. The minimum atomic E-state index is -4.27. The number of carbonyl (C=O) groups is 1. The van der Waals surface area contributed by atoms with Crippen LogP contribution in [0.5, 0.6) is 5.75 Å². The van der Waals surface area contributed by atoms with E-state index in [-0.39, 0.29) is 5.75 Å². The van der Waals surface area contributed by atoms with E-state index in [0.29, 0.717) is 29.4 Å². The lowest BCUT2D eigenvalue weighted by Crippen LogP contribution is -2.41. The lowest BCUT2D eigenvalue weighted by atomic mass is 9.98. The second kappa shape index (κ2) is 12.4. The Labute approximate surface area is 237 Å². The van der Waals surface area contributed by atoms with Crippen LogP contribution in [-0.2, 0) is 23.4 Å². The van der Waals surface area contributed by atoms with Crippen molar-refractivity contribution in [3.05, 3.63) is 42.5 Å². The van der Waals surface area contributed by atoms with E-state index in [0.717, 1.165) is 0 Å². The third kappa shape index (κ3) is 6.84. The normalized spacial score (nSPS) is 24.8. The van der Waals surface area contributed by atoms with Gasteiger partial charge in [-0.25, -0.2) is 23.9 Å². The number of nitrogens with one attached hydrogen (secondary N) is 2. The van der Waals surface area contributed by atoms with Crippen LogP contribution in [0.3, 0.4) is 0 Å². The molecule has 0 amide bonds. The molecule has 1 aromatic carbocycles. The Hall–Kier alpha value is -3.16. The third-order valence-corrected chi connectivity index (χ3v) is 7.93. The molecule has 0 aliphatic carbocycles. The SMILES string of the molecule is CCNc1nc(C)nc2c1ncn2[C@@H]1O[C@H](COP(=O)(NC(C)C(=O)OC(C)C)Oc2ccccc2)[C@@H](O)[C@@]1(C)F. The fourth-order valence-electron chi connectivity index (χ4n) is 4.34. The molecule has 3 N–H and O–H groups in total. The first kappa shape index (κ1) is 30.8. The summed E-state index contributed by atoms with van der Waals surface area (Å²) in [6.07, 6.45) is -3.33. The maximum absolute atomic E-state index is 16.0. The van der Waals surface area contributed by atoms with Gasteiger partial charge in [-0.1, -0.05) is 18.2 Å². The molecule has 1 aliphatic heterocycles. The van der Waals surface area contributed by atoms with E-state index < -0.39 is 56.6 Å². The molecule has 0 spiro atoms. The number of aliphatic hydroxyl groups is 1. The summed E-state index contributed by atoms with van der Waals surface area (Å²) in [5, 5.41) is 16.6. The Bertz CT molecular complexity index is 1410. The number of imidazole rings is 1. The van der Waals surface area contributed by atoms with Crippen molar-refractivity contribution in [3.8, 4) is 5.75 Å². The summed E-state index contributed by atoms with van der Waals surface area (Å²) in [5.74, 6) is 0.452. The molecule has 15 heteroatoms. The second-order valence-corrected chi connectivity index (χ2v) is 11.8. The molecule has 3 aromatic rings. The first-order valence-electron chi connectivity index (χ1n) is 13.3. The highest BCUT2D eigenvalue weighted by atomic mass is 31.2. The zero-order chi connectivity index (χ0) is 29.9. The molecule has 0 bridgehead atoms. The maximum atomic E-state index is 16.0. The van der Waals surface area contributed by atoms with Gasteiger partial charge in [0.15, 0.2) is 28.9 Å². The van der Waals surface area contributed by atoms with Gasteiger partial charge in [-0.15, -0.1) is 0 Å². The van der Waals surface area contributed by atoms with Crippen LogP contribution in [0.15, 0.2) is 36.7 Å². The van der Waals surface area contributed by atoms with E-state index in [4.69, 9.17) is 18.5 Å². The largest absolute Gasteiger partial charge is 0.462 e. The number of alkyl halides is 1. The molecule has 224 valence electrons. The van der Waals surface area contributed by atoms with Crippen molar-refractivity contribution in [2.75, 3.05) is 18.5 Å². The van der Waals surface area contributed by atoms with Gasteiger partial charge >= 0.3 is 13.7 Å². The van der Waals surface area contributed by atoms with Crippen molar-refractivity contribution in [2.45, 2.75) is 77.8 Å². The van der Waals surface area contributed by atoms with Crippen LogP contribution in [0.4, 0.5) is 10.2 Å². The number of esters is 1. The Morgan fingerprint density at radius 2 is 1.98 bits per heavy atom. The van der Waals surface area contributed by atoms with E-state index in [1.165, 1.54) is 24.7 Å². The van der Waals surface area contributed by atoms with Crippen LogP contribution in [-0.4, -0.2) is 73.8 Å². The smallest absolute Gasteiger partial charge is 0.459 e. The van der Waals surface area contributed by atoms with Gasteiger partial charge in [0.25, 0.3) is 0 Å². The molecule has 0 saturated carbocycles. The van der Waals surface area contributed by atoms with Gasteiger partial charge in [0, 0.05) is 6.54 Å². The van der Waals surface area contributed by atoms with Crippen LogP contribution in [0.1, 0.15) is 46.7 Å². The van der Waals surface area contributed by atoms with Crippen molar-refractivity contribution < 1.29 is 37.4 Å². The van der Waals surface area contributed by atoms with Gasteiger partial charge in [-0.05, 0) is 53.7 Å². The van der Waals surface area contributed by atoms with E-state index in [9.17, 15) is 14.5 Å². The van der Waals surface area contributed by atoms with Crippen molar-refractivity contribution in [3.63, 3.8) is 0 Å². The Morgan fingerprint density at radius 1 is 1.27 bits per heavy atom. The molecule has 2 unspecified atom stereocenters. The number of ether oxygens (including phenoxy) is 2. The van der Waals surface area contributed by atoms with Crippen LogP contribution in [0.25, 0.3) is 11.2 Å². The molecule has 1 fully saturated rings. The third-order valence-electron chi connectivity index (χ3n) is 6.28. The Morgan fingerprint density at radius 3 is 2.63 bits per heavy atom. The molecule has 6 atom stereocenters. The summed E-state index contributed by atoms with van der Waals surface area (Å²) in [5.41, 5.74) is -1.59. The monoisotopic (exact) mass is 594 g/mol. The van der Waals surface area contributed by atoms with Crippen LogP contribution in [0, 0.1) is 6.92 Å². The number of fused-ring (bicyclic) bond motifs is 1. The van der Waals surface area contributed by atoms with Crippen molar-refractivity contribution in [1.29, 1.82) is 0 Å². The number of carbonyl (C=O) groups excluding carboxylic acids is 1. The second-order valence-electron chi connectivity index (χ2n) is 10.1. The Balaban J connectivity index is 1.56. The van der Waals surface area contributed by atoms with Gasteiger partial charge in [0.1, 0.15) is 29.8 Å². The number of benzene rings is 1. The summed E-state index contributed by atoms with van der Waals surface area (Å²) in [7, 11) is -4.27. The standard InChI is InChI=1S/C26H36FN6O7P/c1-7-28-22-20-23(31-17(5)30-22)33(14-29-20)25-26(6,27)21(34)19(39-25)13-37-41(36,40-18-11-9-8-10-12-18)32-16(4)24(35)38-15(2)3/h8-12,14-16,19,21,25,34H,7,13H2,1-6H3,(H,32,36)(H,28,30,31)/t16?,19-,21-,25-,26-,41?/m1/s1. The van der Waals surface area contributed by atoms with Crippen LogP contribution in [0.2, 0.25) is 0 Å². The van der Waals surface area contributed by atoms with Gasteiger partial charge in [-0.3, -0.25) is 13.9 Å². The predicted octanol–water partition coefficient (Wildman–Crippen LogP) is 3.69. The summed E-state index contributed by atoms with van der Waals surface area (Å²) in [6, 6.07) is 7.11. The number of aliphatic hydroxyl groups excluding tert-OH is 1. The van der Waals surface area contributed by atoms with Gasteiger partial charge in [0.2, 0.25) is 0 Å². The molecule has 13 nitrogen and oxygen atoms in total. The molecule has 4 rings (SSSR count). The number of hydrogen-bond donors (Lipinski definition) is 3. The fourth-order valence-corrected chi connectivity index (χ4v) is 5.85. The Kier molecular flexibility index (Phi) is 9.29. The van der Waals surface area contributed by atoms with E-state index in [1.807, 2.05) is 6.92 Å². The van der Waals surface area contributed by atoms with Crippen LogP contribution >= 0.6 is 7.75 Å². The highest BCUT2D eigenvalue weighted by Gasteiger charge is 2.56. The van der Waals surface area contributed by atoms with Crippen molar-refractivity contribution in [2.24, 2.45) is 0 Å². The molecule has 3 heterocycles. The van der Waals surface area contributed by atoms with Gasteiger partial charge in [-0.2, -0.15) is 5.09 Å². The molecule has 1 saturated heterocycles. The number of hydrogen-bond acceptors (Lipinski definition) is 11. The molecule has 41 heavy (non-hydrogen) atoms. The molecular formula is C26H36FN6O7P. The van der Waals surface area contributed by atoms with Crippen molar-refractivity contribution in [1.82, 2.24) is 24.6 Å². The quantitative estimate of drug-likeness (QED) is 0.207. The summed E-state index contributed by atoms with van der Waals surface area (Å²) in [4.78, 5) is 25.5. The molecule has 0 radical (unpaired) electrons. The zero-order valence-electron chi connectivity index (χ0n) is 23.8. The van der Waals surface area contributed by atoms with Gasteiger partial charge < -0.3 is 24.4 Å². The minimum Gasteiger partial charge on any atom is -0.462 e. The highest BCUT2D eigenvalue weighted by Crippen LogP contribution is 2.48. The number of nitrogens with zero attached hydrogens (tertiary/aromatic N) is 4. The summed E-state index contributed by atoms with van der Waals surface area (Å²) >= 11 is 0. The van der Waals surface area contributed by atoms with Gasteiger partial charge in [0.05, 0.1) is 19.0 Å². The number of rotatable bonds is 12. The van der Waals surface area contributed by atoms with E-state index >= 15 is 4.39 Å². The number of aryl methyl sites for hydroxylation is 1. The average molecular weight is 595 g/mol. The molecule has 1 aliphatic rings. The topological polar surface area (TPSA) is 159 Å². The summed E-state index contributed by atoms with van der Waals surface area (Å²) in [6.45, 7) is 9.65. The minimum absolute atomic E-state index is 0.199. The average Bonchev–Trinajstić information content (AvgIpc) is 3.41. The summed E-state index contributed by atoms with van der Waals surface area (Å²) < 4.78 is 53.6. The fraction of sp³-hybridized carbons (Fsp3) is 0.538. The van der Waals surface area contributed by atoms with E-state index in [1.54, 1.807) is 51.1 Å². The number of para-hydroxylation sites is 1. The van der Waals surface area contributed by atoms with Crippen LogP contribution < -0.4 is 14.9 Å². The maximum Gasteiger partial charge on any atom is 0.459 e. The number of anilines is 1. The van der Waals surface area contributed by atoms with E-state index in [2.05, 4.69) is 25.4 Å². The number of aromatic nitrogens is 4. The lowest BCUT2D eigenvalue weighted by molar-refractivity contribution is -0.149. The van der Waals surface area contributed by atoms with Crippen molar-refractivity contribution >= 4 is 30.7 Å². The predicted molar refractivity (Wildman–Crippen MR) is 148 cm³/mol.